The molecule has 1 fully saturated rings. The van der Waals surface area contributed by atoms with Gasteiger partial charge in [-0.05, 0) is 49.7 Å². The SMILES string of the molecule is Cc1ccc(S(=O)(=O)NCCN2CCN(c3ccc(F)cc3)CC2)c(C)c1. The van der Waals surface area contributed by atoms with Gasteiger partial charge in [-0.25, -0.2) is 17.5 Å². The minimum atomic E-state index is -3.49. The van der Waals surface area contributed by atoms with E-state index in [2.05, 4.69) is 14.5 Å². The molecule has 0 bridgehead atoms. The van der Waals surface area contributed by atoms with Crippen LogP contribution in [-0.4, -0.2) is 52.6 Å². The highest BCUT2D eigenvalue weighted by atomic mass is 32.2. The van der Waals surface area contributed by atoms with Crippen molar-refractivity contribution in [3.05, 3.63) is 59.4 Å². The van der Waals surface area contributed by atoms with Crippen LogP contribution >= 0.6 is 0 Å². The molecule has 0 amide bonds. The molecule has 0 spiro atoms. The van der Waals surface area contributed by atoms with Crippen molar-refractivity contribution in [1.29, 1.82) is 0 Å². The van der Waals surface area contributed by atoms with Crippen molar-refractivity contribution < 1.29 is 12.8 Å². The van der Waals surface area contributed by atoms with E-state index in [1.807, 2.05) is 26.0 Å². The summed E-state index contributed by atoms with van der Waals surface area (Å²) in [4.78, 5) is 4.80. The second kappa shape index (κ2) is 8.37. The summed E-state index contributed by atoms with van der Waals surface area (Å²) < 4.78 is 40.7. The van der Waals surface area contributed by atoms with Gasteiger partial charge in [-0.15, -0.1) is 0 Å². The summed E-state index contributed by atoms with van der Waals surface area (Å²) in [5.74, 6) is -0.228. The molecule has 27 heavy (non-hydrogen) atoms. The molecular weight excluding hydrogens is 365 g/mol. The number of nitrogens with zero attached hydrogens (tertiary/aromatic N) is 2. The molecule has 0 aliphatic carbocycles. The average Bonchev–Trinajstić information content (AvgIpc) is 2.62. The Hall–Kier alpha value is -1.96. The van der Waals surface area contributed by atoms with Crippen molar-refractivity contribution >= 4 is 15.7 Å². The Morgan fingerprint density at radius 3 is 2.30 bits per heavy atom. The van der Waals surface area contributed by atoms with Gasteiger partial charge in [-0.1, -0.05) is 17.7 Å². The van der Waals surface area contributed by atoms with Crippen LogP contribution in [0.1, 0.15) is 11.1 Å². The molecule has 0 unspecified atom stereocenters. The maximum absolute atomic E-state index is 13.0. The lowest BCUT2D eigenvalue weighted by molar-refractivity contribution is 0.262. The second-order valence-electron chi connectivity index (χ2n) is 6.97. The summed E-state index contributed by atoms with van der Waals surface area (Å²) in [7, 11) is -3.49. The van der Waals surface area contributed by atoms with Gasteiger partial charge in [0, 0.05) is 45.0 Å². The molecule has 1 heterocycles. The Balaban J connectivity index is 1.48. The quantitative estimate of drug-likeness (QED) is 0.822. The smallest absolute Gasteiger partial charge is 0.240 e. The first-order valence-corrected chi connectivity index (χ1v) is 10.6. The van der Waals surface area contributed by atoms with Crippen molar-refractivity contribution in [2.75, 3.05) is 44.2 Å². The van der Waals surface area contributed by atoms with Crippen LogP contribution in [0.5, 0.6) is 0 Å². The third-order valence-corrected chi connectivity index (χ3v) is 6.53. The van der Waals surface area contributed by atoms with Crippen LogP contribution < -0.4 is 9.62 Å². The molecule has 3 rings (SSSR count). The van der Waals surface area contributed by atoms with E-state index in [0.717, 1.165) is 43.0 Å². The molecule has 1 N–H and O–H groups in total. The van der Waals surface area contributed by atoms with Crippen molar-refractivity contribution in [2.45, 2.75) is 18.7 Å². The molecule has 7 heteroatoms. The van der Waals surface area contributed by atoms with Crippen LogP contribution in [-0.2, 0) is 10.0 Å². The average molecular weight is 392 g/mol. The van der Waals surface area contributed by atoms with Crippen molar-refractivity contribution in [2.24, 2.45) is 0 Å². The Bertz CT molecular complexity index is 877. The lowest BCUT2D eigenvalue weighted by atomic mass is 10.2. The van der Waals surface area contributed by atoms with Gasteiger partial charge in [0.25, 0.3) is 0 Å². The molecule has 0 atom stereocenters. The normalized spacial score (nSPS) is 15.9. The third-order valence-electron chi connectivity index (χ3n) is 4.90. The fraction of sp³-hybridized carbons (Fsp3) is 0.400. The zero-order valence-electron chi connectivity index (χ0n) is 15.8. The van der Waals surface area contributed by atoms with Gasteiger partial charge < -0.3 is 4.90 Å². The van der Waals surface area contributed by atoms with E-state index in [-0.39, 0.29) is 5.82 Å². The van der Waals surface area contributed by atoms with Crippen LogP contribution in [0.15, 0.2) is 47.4 Å². The maximum atomic E-state index is 13.0. The molecular formula is C20H26FN3O2S. The van der Waals surface area contributed by atoms with Crippen LogP contribution in [0.3, 0.4) is 0 Å². The fourth-order valence-corrected chi connectivity index (χ4v) is 4.64. The Morgan fingerprint density at radius 1 is 1.00 bits per heavy atom. The largest absolute Gasteiger partial charge is 0.369 e. The summed E-state index contributed by atoms with van der Waals surface area (Å²) in [6.07, 6.45) is 0. The van der Waals surface area contributed by atoms with Gasteiger partial charge >= 0.3 is 0 Å². The van der Waals surface area contributed by atoms with E-state index in [9.17, 15) is 12.8 Å². The van der Waals surface area contributed by atoms with Gasteiger partial charge in [0.15, 0.2) is 0 Å². The summed E-state index contributed by atoms with van der Waals surface area (Å²) in [5, 5.41) is 0. The van der Waals surface area contributed by atoms with E-state index in [4.69, 9.17) is 0 Å². The molecule has 5 nitrogen and oxygen atoms in total. The Labute approximate surface area is 160 Å². The number of aryl methyl sites for hydroxylation is 2. The number of hydrogen-bond acceptors (Lipinski definition) is 4. The Kier molecular flexibility index (Phi) is 6.14. The van der Waals surface area contributed by atoms with Crippen LogP contribution in [0, 0.1) is 19.7 Å². The Morgan fingerprint density at radius 2 is 1.67 bits per heavy atom. The van der Waals surface area contributed by atoms with E-state index in [1.165, 1.54) is 12.1 Å². The molecule has 2 aromatic rings. The minimum absolute atomic E-state index is 0.228. The van der Waals surface area contributed by atoms with Gasteiger partial charge in [0.2, 0.25) is 10.0 Å². The van der Waals surface area contributed by atoms with E-state index in [1.54, 1.807) is 18.2 Å². The topological polar surface area (TPSA) is 52.7 Å². The van der Waals surface area contributed by atoms with Crippen LogP contribution in [0.25, 0.3) is 0 Å². The van der Waals surface area contributed by atoms with E-state index < -0.39 is 10.0 Å². The molecule has 1 saturated heterocycles. The molecule has 1 aliphatic heterocycles. The fourth-order valence-electron chi connectivity index (χ4n) is 3.40. The predicted molar refractivity (Wildman–Crippen MR) is 106 cm³/mol. The van der Waals surface area contributed by atoms with E-state index in [0.29, 0.717) is 18.0 Å². The summed E-state index contributed by atoms with van der Waals surface area (Å²) in [6, 6.07) is 11.9. The lowest BCUT2D eigenvalue weighted by Crippen LogP contribution is -2.48. The second-order valence-corrected chi connectivity index (χ2v) is 8.71. The maximum Gasteiger partial charge on any atom is 0.240 e. The standard InChI is InChI=1S/C20H26FN3O2S/c1-16-3-8-20(17(2)15-16)27(25,26)22-9-10-23-11-13-24(14-12-23)19-6-4-18(21)5-7-19/h3-8,15,22H,9-14H2,1-2H3. The molecule has 0 saturated carbocycles. The molecule has 0 radical (unpaired) electrons. The van der Waals surface area contributed by atoms with Crippen molar-refractivity contribution in [1.82, 2.24) is 9.62 Å². The van der Waals surface area contributed by atoms with Gasteiger partial charge in [0.1, 0.15) is 5.82 Å². The monoisotopic (exact) mass is 391 g/mol. The van der Waals surface area contributed by atoms with Gasteiger partial charge in [-0.2, -0.15) is 0 Å². The number of nitrogens with one attached hydrogen (secondary N) is 1. The van der Waals surface area contributed by atoms with Gasteiger partial charge in [0.05, 0.1) is 4.90 Å². The zero-order chi connectivity index (χ0) is 19.4. The highest BCUT2D eigenvalue weighted by Crippen LogP contribution is 2.18. The van der Waals surface area contributed by atoms with Crippen molar-refractivity contribution in [3.8, 4) is 0 Å². The zero-order valence-corrected chi connectivity index (χ0v) is 16.6. The first-order chi connectivity index (χ1) is 12.8. The number of sulfonamides is 1. The number of rotatable bonds is 6. The van der Waals surface area contributed by atoms with Crippen molar-refractivity contribution in [3.63, 3.8) is 0 Å². The first kappa shape index (κ1) is 19.8. The number of anilines is 1. The molecule has 2 aromatic carbocycles. The van der Waals surface area contributed by atoms with Gasteiger partial charge in [-0.3, -0.25) is 4.90 Å². The van der Waals surface area contributed by atoms with Crippen LogP contribution in [0.4, 0.5) is 10.1 Å². The molecule has 1 aliphatic rings. The predicted octanol–water partition coefficient (Wildman–Crippen LogP) is 2.54. The third kappa shape index (κ3) is 5.06. The van der Waals surface area contributed by atoms with Crippen LogP contribution in [0.2, 0.25) is 0 Å². The molecule has 146 valence electrons. The number of hydrogen-bond donors (Lipinski definition) is 1. The number of benzene rings is 2. The number of piperazine rings is 1. The van der Waals surface area contributed by atoms with E-state index >= 15 is 0 Å². The highest BCUT2D eigenvalue weighted by molar-refractivity contribution is 7.89. The summed E-state index contributed by atoms with van der Waals surface area (Å²) in [5.41, 5.74) is 2.83. The minimum Gasteiger partial charge on any atom is -0.369 e. The molecule has 0 aromatic heterocycles. The number of halogens is 1. The summed E-state index contributed by atoms with van der Waals surface area (Å²) >= 11 is 0. The summed E-state index contributed by atoms with van der Waals surface area (Å²) in [6.45, 7) is 8.20. The lowest BCUT2D eigenvalue weighted by Gasteiger charge is -2.36. The first-order valence-electron chi connectivity index (χ1n) is 9.15. The highest BCUT2D eigenvalue weighted by Gasteiger charge is 2.19.